The fraction of sp³-hybridized carbons (Fsp3) is 0.208. The molecule has 2 amide bonds. The number of nitrogens with zero attached hydrogens (tertiary/aromatic N) is 3. The number of allylic oxidation sites excluding steroid dienone is 1. The molecule has 0 saturated heterocycles. The Morgan fingerprint density at radius 3 is 2.55 bits per heavy atom. The van der Waals surface area contributed by atoms with Gasteiger partial charge in [-0.15, -0.1) is 6.58 Å². The van der Waals surface area contributed by atoms with Crippen LogP contribution in [0.4, 0.5) is 9.18 Å². The van der Waals surface area contributed by atoms with Crippen LogP contribution in [-0.2, 0) is 6.42 Å². The lowest BCUT2D eigenvalue weighted by molar-refractivity contribution is 0.209. The monoisotopic (exact) mass is 418 g/mol. The van der Waals surface area contributed by atoms with E-state index in [2.05, 4.69) is 29.0 Å². The maximum absolute atomic E-state index is 13.3. The SMILES string of the molecule is C=CCN1C(=O)NC(c2ccc(CC)cc2)C(c2nc(-c3ccc(F)cc3)no2)=C1C. The van der Waals surface area contributed by atoms with Crippen molar-refractivity contribution in [3.63, 3.8) is 0 Å². The molecule has 1 aliphatic heterocycles. The van der Waals surface area contributed by atoms with E-state index in [0.717, 1.165) is 12.0 Å². The number of amides is 2. The molecule has 1 aromatic heterocycles. The van der Waals surface area contributed by atoms with Gasteiger partial charge in [0, 0.05) is 17.8 Å². The Hall–Kier alpha value is -3.74. The zero-order valence-corrected chi connectivity index (χ0v) is 17.4. The summed E-state index contributed by atoms with van der Waals surface area (Å²) in [6, 6.07) is 13.3. The van der Waals surface area contributed by atoms with E-state index in [9.17, 15) is 9.18 Å². The van der Waals surface area contributed by atoms with E-state index in [1.165, 1.54) is 17.7 Å². The molecule has 0 saturated carbocycles. The van der Waals surface area contributed by atoms with E-state index in [-0.39, 0.29) is 11.8 Å². The minimum Gasteiger partial charge on any atom is -0.334 e. The second-order valence-corrected chi connectivity index (χ2v) is 7.31. The molecular formula is C24H23FN4O2. The highest BCUT2D eigenvalue weighted by Gasteiger charge is 2.35. The van der Waals surface area contributed by atoms with Crippen molar-refractivity contribution in [2.75, 3.05) is 6.54 Å². The van der Waals surface area contributed by atoms with E-state index in [1.807, 2.05) is 31.2 Å². The lowest BCUT2D eigenvalue weighted by Crippen LogP contribution is -2.46. The lowest BCUT2D eigenvalue weighted by Gasteiger charge is -2.34. The van der Waals surface area contributed by atoms with Crippen molar-refractivity contribution in [1.82, 2.24) is 20.4 Å². The van der Waals surface area contributed by atoms with Gasteiger partial charge in [0.1, 0.15) is 5.82 Å². The summed E-state index contributed by atoms with van der Waals surface area (Å²) in [6.45, 7) is 8.04. The van der Waals surface area contributed by atoms with Gasteiger partial charge in [0.2, 0.25) is 5.82 Å². The van der Waals surface area contributed by atoms with Crippen molar-refractivity contribution in [3.8, 4) is 11.4 Å². The first-order valence-corrected chi connectivity index (χ1v) is 10.1. The molecule has 1 unspecified atom stereocenters. The maximum atomic E-state index is 13.3. The largest absolute Gasteiger partial charge is 0.334 e. The number of halogens is 1. The highest BCUT2D eigenvalue weighted by Crippen LogP contribution is 2.37. The molecule has 0 spiro atoms. The van der Waals surface area contributed by atoms with Gasteiger partial charge in [0.25, 0.3) is 5.89 Å². The maximum Gasteiger partial charge on any atom is 0.322 e. The molecule has 1 N–H and O–H groups in total. The standard InChI is InChI=1S/C24H23FN4O2/c1-4-14-29-15(3)20(21(26-24(29)30)17-8-6-16(5-2)7-9-17)23-27-22(28-31-23)18-10-12-19(25)13-11-18/h4,6-13,21H,1,5,14H2,2-3H3,(H,26,30). The predicted molar refractivity (Wildman–Crippen MR) is 116 cm³/mol. The Balaban J connectivity index is 1.79. The quantitative estimate of drug-likeness (QED) is 0.564. The van der Waals surface area contributed by atoms with Crippen molar-refractivity contribution < 1.29 is 13.7 Å². The average Bonchev–Trinajstić information content (AvgIpc) is 3.26. The molecule has 2 aromatic carbocycles. The fourth-order valence-electron chi connectivity index (χ4n) is 3.65. The number of hydrogen-bond donors (Lipinski definition) is 1. The topological polar surface area (TPSA) is 71.3 Å². The Kier molecular flexibility index (Phi) is 5.66. The van der Waals surface area contributed by atoms with Crippen molar-refractivity contribution in [2.45, 2.75) is 26.3 Å². The molecular weight excluding hydrogens is 395 g/mol. The first-order chi connectivity index (χ1) is 15.0. The number of urea groups is 1. The summed E-state index contributed by atoms with van der Waals surface area (Å²) >= 11 is 0. The van der Waals surface area contributed by atoms with Crippen LogP contribution >= 0.6 is 0 Å². The second-order valence-electron chi connectivity index (χ2n) is 7.31. The van der Waals surface area contributed by atoms with E-state index in [1.54, 1.807) is 23.1 Å². The molecule has 0 bridgehead atoms. The minimum atomic E-state index is -0.444. The van der Waals surface area contributed by atoms with Crippen LogP contribution < -0.4 is 5.32 Å². The van der Waals surface area contributed by atoms with Crippen LogP contribution in [-0.4, -0.2) is 27.6 Å². The van der Waals surface area contributed by atoms with Gasteiger partial charge in [-0.1, -0.05) is 42.4 Å². The highest BCUT2D eigenvalue weighted by molar-refractivity contribution is 5.87. The van der Waals surface area contributed by atoms with Crippen molar-refractivity contribution in [2.24, 2.45) is 0 Å². The normalized spacial score (nSPS) is 16.4. The Morgan fingerprint density at radius 1 is 1.19 bits per heavy atom. The highest BCUT2D eigenvalue weighted by atomic mass is 19.1. The summed E-state index contributed by atoms with van der Waals surface area (Å²) in [4.78, 5) is 18.9. The molecule has 0 radical (unpaired) electrons. The number of nitrogens with one attached hydrogen (secondary N) is 1. The number of rotatable bonds is 6. The third-order valence-corrected chi connectivity index (χ3v) is 5.39. The van der Waals surface area contributed by atoms with Crippen LogP contribution in [0.25, 0.3) is 17.0 Å². The summed E-state index contributed by atoms with van der Waals surface area (Å²) < 4.78 is 18.9. The molecule has 6 nitrogen and oxygen atoms in total. The van der Waals surface area contributed by atoms with Crippen molar-refractivity contribution in [3.05, 3.63) is 89.7 Å². The van der Waals surface area contributed by atoms with Crippen LogP contribution in [0.2, 0.25) is 0 Å². The molecule has 4 rings (SSSR count). The van der Waals surface area contributed by atoms with E-state index < -0.39 is 6.04 Å². The molecule has 31 heavy (non-hydrogen) atoms. The third-order valence-electron chi connectivity index (χ3n) is 5.39. The van der Waals surface area contributed by atoms with Crippen molar-refractivity contribution in [1.29, 1.82) is 0 Å². The molecule has 1 atom stereocenters. The molecule has 7 heteroatoms. The van der Waals surface area contributed by atoms with Gasteiger partial charge in [-0.2, -0.15) is 4.98 Å². The number of carbonyl (C=O) groups is 1. The first kappa shape index (κ1) is 20.5. The van der Waals surface area contributed by atoms with E-state index in [4.69, 9.17) is 4.52 Å². The summed E-state index contributed by atoms with van der Waals surface area (Å²) in [5.41, 5.74) is 4.19. The Labute approximate surface area is 180 Å². The zero-order valence-electron chi connectivity index (χ0n) is 17.4. The molecule has 1 aliphatic rings. The fourth-order valence-corrected chi connectivity index (χ4v) is 3.65. The molecule has 158 valence electrons. The van der Waals surface area contributed by atoms with E-state index in [0.29, 0.717) is 35.1 Å². The predicted octanol–water partition coefficient (Wildman–Crippen LogP) is 5.12. The Morgan fingerprint density at radius 2 is 1.90 bits per heavy atom. The molecule has 2 heterocycles. The first-order valence-electron chi connectivity index (χ1n) is 10.1. The van der Waals surface area contributed by atoms with Gasteiger partial charge in [0.15, 0.2) is 0 Å². The van der Waals surface area contributed by atoms with Gasteiger partial charge in [-0.25, -0.2) is 9.18 Å². The number of hydrogen-bond acceptors (Lipinski definition) is 4. The summed E-state index contributed by atoms with van der Waals surface area (Å²) in [5.74, 6) is 0.315. The van der Waals surface area contributed by atoms with Gasteiger partial charge in [-0.05, 0) is 48.7 Å². The number of benzene rings is 2. The lowest BCUT2D eigenvalue weighted by atomic mass is 9.93. The zero-order chi connectivity index (χ0) is 22.0. The van der Waals surface area contributed by atoms with Gasteiger partial charge >= 0.3 is 6.03 Å². The number of carbonyl (C=O) groups excluding carboxylic acids is 1. The second kappa shape index (κ2) is 8.55. The van der Waals surface area contributed by atoms with Crippen molar-refractivity contribution >= 4 is 11.6 Å². The Bertz CT molecular complexity index is 1130. The smallest absolute Gasteiger partial charge is 0.322 e. The molecule has 3 aromatic rings. The van der Waals surface area contributed by atoms with Crippen LogP contribution in [0.3, 0.4) is 0 Å². The summed E-state index contributed by atoms with van der Waals surface area (Å²) in [5, 5.41) is 7.12. The van der Waals surface area contributed by atoms with Crippen LogP contribution in [0, 0.1) is 5.82 Å². The molecule has 0 aliphatic carbocycles. The third kappa shape index (κ3) is 3.99. The number of aryl methyl sites for hydroxylation is 1. The van der Waals surface area contributed by atoms with Gasteiger partial charge < -0.3 is 9.84 Å². The summed E-state index contributed by atoms with van der Waals surface area (Å²) in [6.07, 6.45) is 2.59. The summed E-state index contributed by atoms with van der Waals surface area (Å²) in [7, 11) is 0. The van der Waals surface area contributed by atoms with Gasteiger partial charge in [0.05, 0.1) is 11.6 Å². The molecule has 0 fully saturated rings. The van der Waals surface area contributed by atoms with Gasteiger partial charge in [-0.3, -0.25) is 4.90 Å². The van der Waals surface area contributed by atoms with Crippen LogP contribution in [0.1, 0.15) is 36.9 Å². The van der Waals surface area contributed by atoms with E-state index >= 15 is 0 Å². The van der Waals surface area contributed by atoms with Crippen LogP contribution in [0.5, 0.6) is 0 Å². The van der Waals surface area contributed by atoms with Crippen LogP contribution in [0.15, 0.2) is 71.4 Å². The number of aromatic nitrogens is 2. The average molecular weight is 418 g/mol. The minimum absolute atomic E-state index is 0.219.